The third kappa shape index (κ3) is 3.52. The molecule has 23 heavy (non-hydrogen) atoms. The minimum Gasteiger partial charge on any atom is -0.380 e. The molecule has 1 nitrogen and oxygen atoms in total. The smallest absolute Gasteiger partial charge is 0.119 e. The first-order valence-electron chi connectivity index (χ1n) is 7.80. The molecule has 0 spiro atoms. The minimum absolute atomic E-state index is 0.461. The lowest BCUT2D eigenvalue weighted by Gasteiger charge is -2.32. The van der Waals surface area contributed by atoms with Crippen molar-refractivity contribution in [2.75, 3.05) is 12.8 Å². The largest absolute Gasteiger partial charge is 0.380 e. The number of hydrogen-bond donors (Lipinski definition) is 1. The van der Waals surface area contributed by atoms with Crippen LogP contribution in [0.4, 0.5) is 0 Å². The van der Waals surface area contributed by atoms with Crippen molar-refractivity contribution in [2.24, 2.45) is 0 Å². The molecule has 0 amide bonds. The molecule has 0 bridgehead atoms. The lowest BCUT2D eigenvalue weighted by Crippen LogP contribution is -2.32. The van der Waals surface area contributed by atoms with E-state index < -0.39 is 13.5 Å². The molecule has 0 aromatic heterocycles. The van der Waals surface area contributed by atoms with Crippen molar-refractivity contribution < 1.29 is 5.11 Å². The van der Waals surface area contributed by atoms with Crippen molar-refractivity contribution >= 4 is 13.2 Å². The zero-order valence-electron chi connectivity index (χ0n) is 13.3. The van der Waals surface area contributed by atoms with Crippen LogP contribution in [0.3, 0.4) is 0 Å². The summed E-state index contributed by atoms with van der Waals surface area (Å²) in [6, 6.07) is 30.5. The Morgan fingerprint density at radius 2 is 1.09 bits per heavy atom. The second kappa shape index (κ2) is 7.08. The second-order valence-electron chi connectivity index (χ2n) is 5.78. The summed E-state index contributed by atoms with van der Waals surface area (Å²) in [5.74, 6) is 0. The highest BCUT2D eigenvalue weighted by molar-refractivity contribution is 7.64. The molecule has 0 saturated carbocycles. The van der Waals surface area contributed by atoms with Gasteiger partial charge in [0.1, 0.15) is 5.60 Å². The van der Waals surface area contributed by atoms with E-state index in [2.05, 4.69) is 30.9 Å². The zero-order chi connectivity index (χ0) is 16.1. The standard InChI is InChI=1S/C21H21OP/c1-23(20-15-9-4-10-16-20)17-21(22,18-11-5-2-6-12-18)19-13-7-3-8-14-19/h2-16,22H,17H2,1H3/t23-/m0/s1. The van der Waals surface area contributed by atoms with Crippen LogP contribution in [0.25, 0.3) is 0 Å². The summed E-state index contributed by atoms with van der Waals surface area (Å²) >= 11 is 0. The van der Waals surface area contributed by atoms with E-state index in [0.717, 1.165) is 11.1 Å². The fourth-order valence-corrected chi connectivity index (χ4v) is 4.81. The first-order chi connectivity index (χ1) is 11.2. The fourth-order valence-electron chi connectivity index (χ4n) is 2.89. The topological polar surface area (TPSA) is 20.2 Å². The van der Waals surface area contributed by atoms with Crippen LogP contribution in [0.15, 0.2) is 91.0 Å². The lowest BCUT2D eigenvalue weighted by molar-refractivity contribution is 0.107. The van der Waals surface area contributed by atoms with Gasteiger partial charge in [0.2, 0.25) is 0 Å². The van der Waals surface area contributed by atoms with Crippen LogP contribution >= 0.6 is 7.92 Å². The number of hydrogen-bond acceptors (Lipinski definition) is 1. The van der Waals surface area contributed by atoms with Gasteiger partial charge in [-0.05, 0) is 23.1 Å². The summed E-state index contributed by atoms with van der Waals surface area (Å²) in [6.45, 7) is 2.24. The molecule has 0 aliphatic heterocycles. The first kappa shape index (κ1) is 15.9. The molecular weight excluding hydrogens is 299 g/mol. The molecule has 3 aromatic carbocycles. The monoisotopic (exact) mass is 320 g/mol. The van der Waals surface area contributed by atoms with Crippen LogP contribution in [0.5, 0.6) is 0 Å². The Labute approximate surface area is 139 Å². The summed E-state index contributed by atoms with van der Waals surface area (Å²) in [4.78, 5) is 0. The molecule has 1 atom stereocenters. The van der Waals surface area contributed by atoms with Gasteiger partial charge in [-0.15, -0.1) is 0 Å². The molecule has 0 heterocycles. The van der Waals surface area contributed by atoms with E-state index in [0.29, 0.717) is 6.16 Å². The van der Waals surface area contributed by atoms with Crippen LogP contribution in [0.2, 0.25) is 0 Å². The summed E-state index contributed by atoms with van der Waals surface area (Å²) in [6.07, 6.45) is 0.709. The Balaban J connectivity index is 2.00. The molecule has 0 aliphatic carbocycles. The molecule has 0 radical (unpaired) electrons. The first-order valence-corrected chi connectivity index (χ1v) is 9.77. The third-order valence-electron chi connectivity index (χ3n) is 4.17. The Morgan fingerprint density at radius 3 is 1.52 bits per heavy atom. The number of benzene rings is 3. The Bertz CT molecular complexity index is 686. The minimum atomic E-state index is -0.960. The van der Waals surface area contributed by atoms with Gasteiger partial charge < -0.3 is 5.11 Å². The van der Waals surface area contributed by atoms with Gasteiger partial charge in [0.25, 0.3) is 0 Å². The molecule has 0 aliphatic rings. The molecule has 0 saturated heterocycles. The Hall–Kier alpha value is -1.95. The Morgan fingerprint density at radius 1 is 0.696 bits per heavy atom. The van der Waals surface area contributed by atoms with Gasteiger partial charge in [-0.3, -0.25) is 0 Å². The van der Waals surface area contributed by atoms with E-state index in [4.69, 9.17) is 0 Å². The normalized spacial score (nSPS) is 12.8. The van der Waals surface area contributed by atoms with Gasteiger partial charge in [-0.2, -0.15) is 0 Å². The van der Waals surface area contributed by atoms with Gasteiger partial charge in [0, 0.05) is 6.16 Å². The predicted molar refractivity (Wildman–Crippen MR) is 99.7 cm³/mol. The van der Waals surface area contributed by atoms with Crippen molar-refractivity contribution in [3.63, 3.8) is 0 Å². The van der Waals surface area contributed by atoms with Gasteiger partial charge in [-0.25, -0.2) is 0 Å². The molecule has 2 heteroatoms. The van der Waals surface area contributed by atoms with E-state index in [-0.39, 0.29) is 0 Å². The molecule has 116 valence electrons. The highest BCUT2D eigenvalue weighted by Crippen LogP contribution is 2.41. The van der Waals surface area contributed by atoms with E-state index in [1.54, 1.807) is 0 Å². The Kier molecular flexibility index (Phi) is 4.91. The number of aliphatic hydroxyl groups is 1. The highest BCUT2D eigenvalue weighted by atomic mass is 31.1. The summed E-state index contributed by atoms with van der Waals surface area (Å²) in [5.41, 5.74) is 0.951. The third-order valence-corrected chi connectivity index (χ3v) is 6.28. The summed E-state index contributed by atoms with van der Waals surface area (Å²) < 4.78 is 0. The molecule has 0 unspecified atom stereocenters. The average Bonchev–Trinajstić information content (AvgIpc) is 2.64. The van der Waals surface area contributed by atoms with Crippen LogP contribution in [-0.4, -0.2) is 17.9 Å². The van der Waals surface area contributed by atoms with Crippen LogP contribution in [-0.2, 0) is 5.60 Å². The van der Waals surface area contributed by atoms with Gasteiger partial charge >= 0.3 is 0 Å². The van der Waals surface area contributed by atoms with Crippen molar-refractivity contribution in [3.8, 4) is 0 Å². The maximum atomic E-state index is 11.6. The predicted octanol–water partition coefficient (Wildman–Crippen LogP) is 4.36. The van der Waals surface area contributed by atoms with Crippen molar-refractivity contribution in [3.05, 3.63) is 102 Å². The van der Waals surface area contributed by atoms with Gasteiger partial charge in [0.05, 0.1) is 0 Å². The molecule has 1 N–H and O–H groups in total. The molecule has 3 aromatic rings. The maximum Gasteiger partial charge on any atom is 0.119 e. The SMILES string of the molecule is C[P@@](CC(O)(c1ccccc1)c1ccccc1)c1ccccc1. The van der Waals surface area contributed by atoms with Crippen molar-refractivity contribution in [1.29, 1.82) is 0 Å². The fraction of sp³-hybridized carbons (Fsp3) is 0.143. The van der Waals surface area contributed by atoms with E-state index in [1.807, 2.05) is 66.7 Å². The average molecular weight is 320 g/mol. The number of rotatable bonds is 5. The van der Waals surface area contributed by atoms with Crippen LogP contribution in [0, 0.1) is 0 Å². The van der Waals surface area contributed by atoms with Gasteiger partial charge in [0.15, 0.2) is 0 Å². The highest BCUT2D eigenvalue weighted by Gasteiger charge is 2.33. The summed E-state index contributed by atoms with van der Waals surface area (Å²) in [7, 11) is -0.461. The van der Waals surface area contributed by atoms with Crippen molar-refractivity contribution in [2.45, 2.75) is 5.60 Å². The van der Waals surface area contributed by atoms with E-state index in [1.165, 1.54) is 5.30 Å². The zero-order valence-corrected chi connectivity index (χ0v) is 14.2. The second-order valence-corrected chi connectivity index (χ2v) is 8.01. The van der Waals surface area contributed by atoms with E-state index >= 15 is 0 Å². The molecule has 3 rings (SSSR count). The van der Waals surface area contributed by atoms with E-state index in [9.17, 15) is 5.11 Å². The van der Waals surface area contributed by atoms with Crippen LogP contribution in [0.1, 0.15) is 11.1 Å². The van der Waals surface area contributed by atoms with Crippen molar-refractivity contribution in [1.82, 2.24) is 0 Å². The van der Waals surface area contributed by atoms with Crippen LogP contribution < -0.4 is 5.30 Å². The molecular formula is C21H21OP. The quantitative estimate of drug-likeness (QED) is 0.693. The van der Waals surface area contributed by atoms with Gasteiger partial charge in [-0.1, -0.05) is 98.9 Å². The maximum absolute atomic E-state index is 11.6. The summed E-state index contributed by atoms with van der Waals surface area (Å²) in [5, 5.41) is 12.9. The lowest BCUT2D eigenvalue weighted by atomic mass is 9.88. The molecule has 0 fully saturated rings.